The lowest BCUT2D eigenvalue weighted by Crippen LogP contribution is -2.11. The molecular weight excluding hydrogens is 372 g/mol. The van der Waals surface area contributed by atoms with Crippen LogP contribution in [-0.4, -0.2) is 31.1 Å². The van der Waals surface area contributed by atoms with Crippen LogP contribution in [-0.2, 0) is 6.42 Å². The number of carbonyl (C=O) groups is 1. The molecule has 0 atom stereocenters. The number of benzene rings is 2. The molecule has 140 valence electrons. The number of hydrogen-bond acceptors (Lipinski definition) is 6. The minimum Gasteiger partial charge on any atom is -0.321 e. The molecule has 4 aromatic rings. The molecule has 0 fully saturated rings. The van der Waals surface area contributed by atoms with Crippen molar-refractivity contribution in [2.45, 2.75) is 20.3 Å². The van der Waals surface area contributed by atoms with Gasteiger partial charge in [-0.3, -0.25) is 4.79 Å². The minimum atomic E-state index is -0.165. The van der Waals surface area contributed by atoms with Crippen LogP contribution in [0.25, 0.3) is 16.3 Å². The lowest BCUT2D eigenvalue weighted by Gasteiger charge is -2.05. The smallest absolute Gasteiger partial charge is 0.267 e. The lowest BCUT2D eigenvalue weighted by molar-refractivity contribution is 0.103. The van der Waals surface area contributed by atoms with Gasteiger partial charge in [0.1, 0.15) is 16.2 Å². The molecule has 1 N–H and O–H groups in total. The van der Waals surface area contributed by atoms with Crippen LogP contribution in [0.2, 0.25) is 0 Å². The molecule has 7 nitrogen and oxygen atoms in total. The van der Waals surface area contributed by atoms with E-state index in [4.69, 9.17) is 0 Å². The summed E-state index contributed by atoms with van der Waals surface area (Å²) in [6, 6.07) is 15.6. The zero-order chi connectivity index (χ0) is 19.5. The SMILES string of the molecule is CCc1ccc(-c2nc(C)c(C(=O)Nc3ccc(-n4cnnn4)cc3)s2)cc1. The van der Waals surface area contributed by atoms with Gasteiger partial charge in [0, 0.05) is 11.3 Å². The number of rotatable bonds is 5. The lowest BCUT2D eigenvalue weighted by atomic mass is 10.1. The summed E-state index contributed by atoms with van der Waals surface area (Å²) in [5.41, 5.74) is 4.54. The van der Waals surface area contributed by atoms with E-state index in [0.29, 0.717) is 10.6 Å². The van der Waals surface area contributed by atoms with E-state index in [9.17, 15) is 4.79 Å². The molecule has 28 heavy (non-hydrogen) atoms. The fourth-order valence-corrected chi connectivity index (χ4v) is 3.75. The third kappa shape index (κ3) is 3.67. The maximum atomic E-state index is 12.7. The van der Waals surface area contributed by atoms with Gasteiger partial charge in [0.15, 0.2) is 0 Å². The fourth-order valence-electron chi connectivity index (χ4n) is 2.78. The van der Waals surface area contributed by atoms with Gasteiger partial charge in [0.2, 0.25) is 0 Å². The van der Waals surface area contributed by atoms with Crippen LogP contribution in [0.4, 0.5) is 5.69 Å². The van der Waals surface area contributed by atoms with Gasteiger partial charge in [-0.05, 0) is 53.6 Å². The van der Waals surface area contributed by atoms with E-state index >= 15 is 0 Å². The summed E-state index contributed by atoms with van der Waals surface area (Å²) in [5, 5.41) is 14.8. The van der Waals surface area contributed by atoms with Gasteiger partial charge in [-0.15, -0.1) is 16.4 Å². The van der Waals surface area contributed by atoms with Crippen molar-refractivity contribution in [1.29, 1.82) is 0 Å². The van der Waals surface area contributed by atoms with Crippen LogP contribution >= 0.6 is 11.3 Å². The molecule has 1 amide bonds. The molecule has 0 radical (unpaired) electrons. The Morgan fingerprint density at radius 2 is 1.86 bits per heavy atom. The Kier molecular flexibility index (Phi) is 4.94. The Morgan fingerprint density at radius 3 is 2.50 bits per heavy atom. The predicted octanol–water partition coefficient (Wildman–Crippen LogP) is 3.91. The van der Waals surface area contributed by atoms with Crippen molar-refractivity contribution < 1.29 is 4.79 Å². The number of aryl methyl sites for hydroxylation is 2. The van der Waals surface area contributed by atoms with E-state index in [1.165, 1.54) is 23.2 Å². The normalized spacial score (nSPS) is 10.8. The van der Waals surface area contributed by atoms with Crippen molar-refractivity contribution >= 4 is 22.9 Å². The zero-order valence-corrected chi connectivity index (χ0v) is 16.3. The van der Waals surface area contributed by atoms with Gasteiger partial charge in [-0.25, -0.2) is 9.67 Å². The Bertz CT molecular complexity index is 1080. The second-order valence-corrected chi connectivity index (χ2v) is 7.24. The molecule has 0 unspecified atom stereocenters. The van der Waals surface area contributed by atoms with Crippen LogP contribution in [0.15, 0.2) is 54.9 Å². The minimum absolute atomic E-state index is 0.165. The third-order valence-corrected chi connectivity index (χ3v) is 5.56. The largest absolute Gasteiger partial charge is 0.321 e. The fraction of sp³-hybridized carbons (Fsp3) is 0.150. The van der Waals surface area contributed by atoms with Gasteiger partial charge in [-0.1, -0.05) is 31.2 Å². The van der Waals surface area contributed by atoms with Crippen molar-refractivity contribution in [3.8, 4) is 16.3 Å². The molecule has 0 aliphatic heterocycles. The molecule has 0 aliphatic carbocycles. The summed E-state index contributed by atoms with van der Waals surface area (Å²) in [4.78, 5) is 17.9. The predicted molar refractivity (Wildman–Crippen MR) is 109 cm³/mol. The van der Waals surface area contributed by atoms with Gasteiger partial charge >= 0.3 is 0 Å². The summed E-state index contributed by atoms with van der Waals surface area (Å²) in [6.07, 6.45) is 2.51. The number of nitrogens with zero attached hydrogens (tertiary/aromatic N) is 5. The number of anilines is 1. The number of tetrazole rings is 1. The molecule has 4 rings (SSSR count). The molecule has 0 bridgehead atoms. The number of amides is 1. The number of hydrogen-bond donors (Lipinski definition) is 1. The third-order valence-electron chi connectivity index (χ3n) is 4.35. The summed E-state index contributed by atoms with van der Waals surface area (Å²) in [6.45, 7) is 3.98. The van der Waals surface area contributed by atoms with Crippen LogP contribution in [0.1, 0.15) is 27.9 Å². The van der Waals surface area contributed by atoms with E-state index in [0.717, 1.165) is 28.4 Å². The summed E-state index contributed by atoms with van der Waals surface area (Å²) in [5.74, 6) is -0.165. The Labute approximate surface area is 166 Å². The first-order valence-corrected chi connectivity index (χ1v) is 9.67. The van der Waals surface area contributed by atoms with Crippen molar-refractivity contribution in [2.75, 3.05) is 5.32 Å². The van der Waals surface area contributed by atoms with Crippen LogP contribution in [0, 0.1) is 6.92 Å². The first-order chi connectivity index (χ1) is 13.6. The topological polar surface area (TPSA) is 85.6 Å². The van der Waals surface area contributed by atoms with Crippen molar-refractivity contribution in [3.05, 3.63) is 71.0 Å². The van der Waals surface area contributed by atoms with Crippen LogP contribution in [0.5, 0.6) is 0 Å². The number of aromatic nitrogens is 5. The molecule has 2 heterocycles. The highest BCUT2D eigenvalue weighted by molar-refractivity contribution is 7.17. The second kappa shape index (κ2) is 7.69. The monoisotopic (exact) mass is 390 g/mol. The van der Waals surface area contributed by atoms with Gasteiger partial charge in [-0.2, -0.15) is 0 Å². The molecular formula is C20H18N6OS. The van der Waals surface area contributed by atoms with Crippen LogP contribution in [0.3, 0.4) is 0 Å². The first kappa shape index (κ1) is 18.0. The molecule has 0 saturated carbocycles. The molecule has 0 aliphatic rings. The van der Waals surface area contributed by atoms with E-state index in [1.807, 2.05) is 31.2 Å². The highest BCUT2D eigenvalue weighted by Gasteiger charge is 2.16. The van der Waals surface area contributed by atoms with Gasteiger partial charge in [0.05, 0.1) is 11.4 Å². The van der Waals surface area contributed by atoms with Crippen LogP contribution < -0.4 is 5.32 Å². The second-order valence-electron chi connectivity index (χ2n) is 6.24. The highest BCUT2D eigenvalue weighted by Crippen LogP contribution is 2.29. The molecule has 0 saturated heterocycles. The van der Waals surface area contributed by atoms with E-state index < -0.39 is 0 Å². The average molecular weight is 390 g/mol. The number of carbonyl (C=O) groups excluding carboxylic acids is 1. The maximum absolute atomic E-state index is 12.7. The summed E-state index contributed by atoms with van der Waals surface area (Å²) < 4.78 is 1.55. The molecule has 2 aromatic carbocycles. The van der Waals surface area contributed by atoms with E-state index in [-0.39, 0.29) is 5.91 Å². The van der Waals surface area contributed by atoms with E-state index in [2.05, 4.69) is 57.0 Å². The van der Waals surface area contributed by atoms with Crippen molar-refractivity contribution in [1.82, 2.24) is 25.2 Å². The van der Waals surface area contributed by atoms with Gasteiger partial charge < -0.3 is 5.32 Å². The highest BCUT2D eigenvalue weighted by atomic mass is 32.1. The quantitative estimate of drug-likeness (QED) is 0.558. The summed E-state index contributed by atoms with van der Waals surface area (Å²) in [7, 11) is 0. The maximum Gasteiger partial charge on any atom is 0.267 e. The van der Waals surface area contributed by atoms with Crippen molar-refractivity contribution in [2.24, 2.45) is 0 Å². The standard InChI is InChI=1S/C20H18N6OS/c1-3-14-4-6-15(7-5-14)20-22-13(2)18(28-20)19(27)23-16-8-10-17(11-9-16)26-12-21-24-25-26/h4-12H,3H2,1-2H3,(H,23,27). The van der Waals surface area contributed by atoms with E-state index in [1.54, 1.807) is 4.68 Å². The molecule has 2 aromatic heterocycles. The molecule has 0 spiro atoms. The van der Waals surface area contributed by atoms with Gasteiger partial charge in [0.25, 0.3) is 5.91 Å². The average Bonchev–Trinajstić information content (AvgIpc) is 3.39. The Morgan fingerprint density at radius 1 is 1.11 bits per heavy atom. The number of thiazole rings is 1. The Hall–Kier alpha value is -3.39. The molecule has 8 heteroatoms. The number of nitrogens with one attached hydrogen (secondary N) is 1. The van der Waals surface area contributed by atoms with Crippen molar-refractivity contribution in [3.63, 3.8) is 0 Å². The summed E-state index contributed by atoms with van der Waals surface area (Å²) >= 11 is 1.40. The zero-order valence-electron chi connectivity index (χ0n) is 15.5. The first-order valence-electron chi connectivity index (χ1n) is 8.85. The Balaban J connectivity index is 1.51.